The van der Waals surface area contributed by atoms with E-state index in [4.69, 9.17) is 66.3 Å². The number of aliphatic hydroxyl groups is 7. The molecule has 0 bridgehead atoms. The fourth-order valence-corrected chi connectivity index (χ4v) is 7.71. The van der Waals surface area contributed by atoms with Crippen LogP contribution in [-0.2, 0) is 66.3 Å². The quantitative estimate of drug-likeness (QED) is 0.0531. The highest BCUT2D eigenvalue weighted by Crippen LogP contribution is 2.37. The van der Waals surface area contributed by atoms with Crippen molar-refractivity contribution in [3.63, 3.8) is 0 Å². The van der Waals surface area contributed by atoms with Gasteiger partial charge in [0.2, 0.25) is 0 Å². The molecule has 4 saturated heterocycles. The van der Waals surface area contributed by atoms with Gasteiger partial charge in [0, 0.05) is 46.2 Å². The molecule has 1 unspecified atom stereocenters. The summed E-state index contributed by atoms with van der Waals surface area (Å²) in [7, 11) is 0. The van der Waals surface area contributed by atoms with Crippen molar-refractivity contribution in [3.8, 4) is 0 Å². The Morgan fingerprint density at radius 2 is 0.729 bits per heavy atom. The fraction of sp³-hybridized carbons (Fsp3) is 1.00. The van der Waals surface area contributed by atoms with Crippen molar-refractivity contribution < 1.29 is 102 Å². The second-order valence-corrected chi connectivity index (χ2v) is 14.2. The lowest BCUT2D eigenvalue weighted by Gasteiger charge is -2.51. The average molecular weight is 863 g/mol. The Labute approximate surface area is 345 Å². The molecular weight excluding hydrogens is 792 g/mol. The maximum Gasteiger partial charge on any atom is 0.187 e. The van der Waals surface area contributed by atoms with Crippen LogP contribution in [-0.4, -0.2) is 231 Å². The van der Waals surface area contributed by atoms with Crippen molar-refractivity contribution in [3.05, 3.63) is 0 Å². The molecule has 0 aromatic carbocycles. The summed E-state index contributed by atoms with van der Waals surface area (Å²) in [6, 6.07) is 0. The van der Waals surface area contributed by atoms with Crippen LogP contribution in [0.3, 0.4) is 0 Å². The molecule has 0 aromatic heterocycles. The molecular formula is C38H70O21. The van der Waals surface area contributed by atoms with Gasteiger partial charge in [0.05, 0.1) is 26.4 Å². The Balaban J connectivity index is 1.63. The second-order valence-electron chi connectivity index (χ2n) is 14.2. The number of hydrogen-bond donors (Lipinski definition) is 7. The molecule has 0 spiro atoms. The summed E-state index contributed by atoms with van der Waals surface area (Å²) in [4.78, 5) is 0. The molecule has 4 fully saturated rings. The molecule has 0 saturated carbocycles. The molecule has 4 heterocycles. The molecule has 21 heteroatoms. The summed E-state index contributed by atoms with van der Waals surface area (Å²) in [6.45, 7) is 13.5. The van der Waals surface area contributed by atoms with Gasteiger partial charge >= 0.3 is 0 Å². The van der Waals surface area contributed by atoms with E-state index in [2.05, 4.69) is 0 Å². The van der Waals surface area contributed by atoms with Gasteiger partial charge in [0.1, 0.15) is 97.7 Å². The minimum absolute atomic E-state index is 0.0481. The third-order valence-corrected chi connectivity index (χ3v) is 10.5. The van der Waals surface area contributed by atoms with Crippen LogP contribution in [0.15, 0.2) is 0 Å². The third-order valence-electron chi connectivity index (χ3n) is 10.5. The van der Waals surface area contributed by atoms with E-state index in [1.54, 1.807) is 20.8 Å². The highest BCUT2D eigenvalue weighted by atomic mass is 16.8. The van der Waals surface area contributed by atoms with Crippen molar-refractivity contribution in [1.82, 2.24) is 0 Å². The van der Waals surface area contributed by atoms with Gasteiger partial charge in [0.15, 0.2) is 25.2 Å². The zero-order valence-corrected chi connectivity index (χ0v) is 35.2. The van der Waals surface area contributed by atoms with Gasteiger partial charge in [-0.1, -0.05) is 0 Å². The van der Waals surface area contributed by atoms with Gasteiger partial charge < -0.3 is 102 Å². The van der Waals surface area contributed by atoms with Gasteiger partial charge in [-0.2, -0.15) is 0 Å². The van der Waals surface area contributed by atoms with Crippen LogP contribution in [0.4, 0.5) is 0 Å². The molecule has 59 heavy (non-hydrogen) atoms. The summed E-state index contributed by atoms with van der Waals surface area (Å²) in [5.74, 6) is 0. The van der Waals surface area contributed by atoms with E-state index in [9.17, 15) is 35.7 Å². The highest BCUT2D eigenvalue weighted by Gasteiger charge is 2.57. The van der Waals surface area contributed by atoms with Crippen molar-refractivity contribution in [2.45, 2.75) is 171 Å². The summed E-state index contributed by atoms with van der Waals surface area (Å²) in [6.07, 6.45) is -25.3. The molecule has 4 aliphatic rings. The van der Waals surface area contributed by atoms with E-state index in [-0.39, 0.29) is 26.4 Å². The van der Waals surface area contributed by atoms with E-state index >= 15 is 0 Å². The van der Waals surface area contributed by atoms with Crippen LogP contribution in [0.25, 0.3) is 0 Å². The van der Waals surface area contributed by atoms with Gasteiger partial charge in [-0.15, -0.1) is 0 Å². The van der Waals surface area contributed by atoms with Crippen LogP contribution < -0.4 is 0 Å². The van der Waals surface area contributed by atoms with E-state index in [1.165, 1.54) is 0 Å². The average Bonchev–Trinajstić information content (AvgIpc) is 3.23. The van der Waals surface area contributed by atoms with E-state index < -0.39 is 136 Å². The third kappa shape index (κ3) is 12.5. The van der Waals surface area contributed by atoms with Crippen LogP contribution >= 0.6 is 0 Å². The number of rotatable bonds is 24. The summed E-state index contributed by atoms with van der Waals surface area (Å²) < 4.78 is 86.2. The number of aliphatic hydroxyl groups excluding tert-OH is 7. The van der Waals surface area contributed by atoms with Crippen LogP contribution in [0.2, 0.25) is 0 Å². The first-order valence-electron chi connectivity index (χ1n) is 20.9. The molecule has 7 N–H and O–H groups in total. The molecule has 4 rings (SSSR count). The van der Waals surface area contributed by atoms with E-state index in [0.29, 0.717) is 33.0 Å². The SMILES string of the molecule is CCOC[C@H]1O[C@@H](O[C@H]2[C@H](OCC)[C@@H](OCC)C(OCC)O[C@@H]2COCC)[C@H](OCC)[C@@H](OCC)[C@@H]1O[C@@H]1O[C@H](CO)[C@@H](O[C@@H]2O[C@H](CO)[C@@H](O)[C@H](O)[C@H]2O)[C@H](O)[C@H]1O. The Kier molecular flexibility index (Phi) is 21.9. The Morgan fingerprint density at radius 1 is 0.339 bits per heavy atom. The molecule has 0 radical (unpaired) electrons. The summed E-state index contributed by atoms with van der Waals surface area (Å²) >= 11 is 0. The predicted octanol–water partition coefficient (Wildman–Crippen LogP) is -2.44. The topological polar surface area (TPSA) is 271 Å². The van der Waals surface area contributed by atoms with Crippen LogP contribution in [0, 0.1) is 0 Å². The van der Waals surface area contributed by atoms with Gasteiger partial charge in [0.25, 0.3) is 0 Å². The monoisotopic (exact) mass is 862 g/mol. The maximum absolute atomic E-state index is 11.4. The van der Waals surface area contributed by atoms with Gasteiger partial charge in [-0.25, -0.2) is 0 Å². The largest absolute Gasteiger partial charge is 0.394 e. The number of hydrogen-bond acceptors (Lipinski definition) is 21. The molecule has 20 atom stereocenters. The lowest BCUT2D eigenvalue weighted by molar-refractivity contribution is -0.394. The molecule has 348 valence electrons. The second kappa shape index (κ2) is 25.5. The number of ether oxygens (including phenoxy) is 14. The van der Waals surface area contributed by atoms with E-state index in [0.717, 1.165) is 0 Å². The lowest BCUT2D eigenvalue weighted by Crippen LogP contribution is -2.68. The molecule has 0 aromatic rings. The van der Waals surface area contributed by atoms with Crippen molar-refractivity contribution >= 4 is 0 Å². The van der Waals surface area contributed by atoms with Crippen molar-refractivity contribution in [1.29, 1.82) is 0 Å². The fourth-order valence-electron chi connectivity index (χ4n) is 7.71. The Morgan fingerprint density at radius 3 is 1.20 bits per heavy atom. The minimum atomic E-state index is -1.83. The first-order chi connectivity index (χ1) is 28.5. The van der Waals surface area contributed by atoms with Gasteiger partial charge in [-0.3, -0.25) is 0 Å². The maximum atomic E-state index is 11.4. The van der Waals surface area contributed by atoms with Crippen LogP contribution in [0.5, 0.6) is 0 Å². The minimum Gasteiger partial charge on any atom is -0.394 e. The van der Waals surface area contributed by atoms with Crippen molar-refractivity contribution in [2.75, 3.05) is 72.7 Å². The predicted molar refractivity (Wildman–Crippen MR) is 200 cm³/mol. The first-order valence-corrected chi connectivity index (χ1v) is 20.9. The summed E-state index contributed by atoms with van der Waals surface area (Å²) in [5.41, 5.74) is 0. The first kappa shape index (κ1) is 50.8. The molecule has 4 aliphatic heterocycles. The molecule has 0 aliphatic carbocycles. The van der Waals surface area contributed by atoms with E-state index in [1.807, 2.05) is 27.7 Å². The summed E-state index contributed by atoms with van der Waals surface area (Å²) in [5, 5.41) is 73.8. The van der Waals surface area contributed by atoms with Crippen LogP contribution in [0.1, 0.15) is 48.5 Å². The highest BCUT2D eigenvalue weighted by molar-refractivity contribution is 4.99. The smallest absolute Gasteiger partial charge is 0.187 e. The standard InChI is InChI=1S/C38H70O21/c1-8-46-17-21-30(31(48-10-3)33(50-12-5)37(55-21)52-14-7)59-38-34(51-13-6)32(49-11-4)29(22(56-38)18-47-9-2)58-36-27(45)25(43)28(20(16-40)54-36)57-35-26(44)24(42)23(41)19(15-39)53-35/h19-45H,8-18H2,1-7H3/t19-,20-,21-,22-,23-,24+,25-,26-,27-,28-,29-,30-,31+,32+,33-,34-,35+,36+,37?,38+/m1/s1. The molecule has 21 nitrogen and oxygen atoms in total. The normalized spacial score (nSPS) is 43.2. The Hall–Kier alpha value is -0.840. The zero-order chi connectivity index (χ0) is 43.2. The van der Waals surface area contributed by atoms with Gasteiger partial charge in [-0.05, 0) is 48.5 Å². The lowest BCUT2D eigenvalue weighted by atomic mass is 9.95. The molecule has 0 amide bonds. The van der Waals surface area contributed by atoms with Crippen molar-refractivity contribution in [2.24, 2.45) is 0 Å². The zero-order valence-electron chi connectivity index (χ0n) is 35.2. The Bertz CT molecular complexity index is 1140.